The standard InChI is InChI=1S/C9H17.Y/c1-2-6-9-7-4-3-5-8-9;/h7,9H,2-6,8H2,1H3;/q-1;/t9-;/m1./s1. The molecule has 0 unspecified atom stereocenters. The van der Waals surface area contributed by atoms with Crippen LogP contribution in [0.3, 0.4) is 0 Å². The number of hydrogen-bond donors (Lipinski definition) is 0. The van der Waals surface area contributed by atoms with E-state index in [1.54, 1.807) is 0 Å². The second-order valence-electron chi connectivity index (χ2n) is 3.07. The van der Waals surface area contributed by atoms with Crippen LogP contribution in [0.1, 0.15) is 45.4 Å². The molecule has 0 nitrogen and oxygen atoms in total. The number of rotatable bonds is 2. The molecule has 1 aliphatic rings. The van der Waals surface area contributed by atoms with Crippen molar-refractivity contribution in [1.82, 2.24) is 0 Å². The van der Waals surface area contributed by atoms with Crippen molar-refractivity contribution >= 4 is 0 Å². The van der Waals surface area contributed by atoms with Crippen LogP contribution in [0.5, 0.6) is 0 Å². The van der Waals surface area contributed by atoms with E-state index < -0.39 is 0 Å². The van der Waals surface area contributed by atoms with Gasteiger partial charge in [-0.15, -0.1) is 0 Å². The van der Waals surface area contributed by atoms with Crippen LogP contribution >= 0.6 is 0 Å². The van der Waals surface area contributed by atoms with Gasteiger partial charge in [0.05, 0.1) is 0 Å². The van der Waals surface area contributed by atoms with E-state index in [0.717, 1.165) is 5.92 Å². The third-order valence-corrected chi connectivity index (χ3v) is 2.19. The molecule has 1 saturated carbocycles. The Morgan fingerprint density at radius 2 is 2.20 bits per heavy atom. The summed E-state index contributed by atoms with van der Waals surface area (Å²) in [7, 11) is 0. The van der Waals surface area contributed by atoms with E-state index in [2.05, 4.69) is 13.3 Å². The van der Waals surface area contributed by atoms with Crippen LogP contribution in [0.4, 0.5) is 0 Å². The van der Waals surface area contributed by atoms with Crippen molar-refractivity contribution in [3.63, 3.8) is 0 Å². The zero-order valence-corrected chi connectivity index (χ0v) is 9.81. The smallest absolute Gasteiger partial charge is 0 e. The molecule has 1 atom stereocenters. The van der Waals surface area contributed by atoms with Crippen LogP contribution in [-0.4, -0.2) is 0 Å². The zero-order valence-electron chi connectivity index (χ0n) is 6.97. The second-order valence-corrected chi connectivity index (χ2v) is 3.07. The monoisotopic (exact) mass is 214 g/mol. The first-order valence-corrected chi connectivity index (χ1v) is 4.27. The fourth-order valence-electron chi connectivity index (χ4n) is 1.66. The molecule has 0 saturated heterocycles. The minimum absolute atomic E-state index is 0. The van der Waals surface area contributed by atoms with Gasteiger partial charge in [-0.2, -0.15) is 12.3 Å². The Morgan fingerprint density at radius 3 is 2.70 bits per heavy atom. The Balaban J connectivity index is 0.000000810. The Kier molecular flexibility index (Phi) is 7.54. The summed E-state index contributed by atoms with van der Waals surface area (Å²) in [4.78, 5) is 0. The van der Waals surface area contributed by atoms with Gasteiger partial charge >= 0.3 is 0 Å². The summed E-state index contributed by atoms with van der Waals surface area (Å²) in [6, 6.07) is 0. The molecule has 0 amide bonds. The predicted molar refractivity (Wildman–Crippen MR) is 41.2 cm³/mol. The van der Waals surface area contributed by atoms with Gasteiger partial charge in [-0.05, 0) is 0 Å². The van der Waals surface area contributed by atoms with Crippen LogP contribution in [0.25, 0.3) is 0 Å². The third kappa shape index (κ3) is 4.08. The van der Waals surface area contributed by atoms with E-state index in [1.165, 1.54) is 38.5 Å². The molecule has 1 rings (SSSR count). The maximum Gasteiger partial charge on any atom is 0 e. The van der Waals surface area contributed by atoms with Gasteiger partial charge in [0, 0.05) is 32.7 Å². The van der Waals surface area contributed by atoms with Gasteiger partial charge in [0.25, 0.3) is 0 Å². The van der Waals surface area contributed by atoms with Gasteiger partial charge in [0.1, 0.15) is 0 Å². The fraction of sp³-hybridized carbons (Fsp3) is 0.889. The van der Waals surface area contributed by atoms with E-state index in [4.69, 9.17) is 0 Å². The van der Waals surface area contributed by atoms with Crippen LogP contribution in [0, 0.1) is 12.3 Å². The molecule has 0 bridgehead atoms. The normalized spacial score (nSPS) is 25.5. The van der Waals surface area contributed by atoms with Gasteiger partial charge in [0.15, 0.2) is 0 Å². The zero-order chi connectivity index (χ0) is 6.53. The SMILES string of the molecule is CCC[C@@H]1[CH-]CCCC1.[Y]. The van der Waals surface area contributed by atoms with Crippen molar-refractivity contribution in [2.45, 2.75) is 45.4 Å². The van der Waals surface area contributed by atoms with Crippen molar-refractivity contribution in [2.24, 2.45) is 5.92 Å². The van der Waals surface area contributed by atoms with Crippen LogP contribution < -0.4 is 0 Å². The molecule has 10 heavy (non-hydrogen) atoms. The van der Waals surface area contributed by atoms with Crippen molar-refractivity contribution in [3.05, 3.63) is 6.42 Å². The first-order chi connectivity index (χ1) is 4.43. The van der Waals surface area contributed by atoms with E-state index in [0.29, 0.717) is 0 Å². The minimum Gasteiger partial charge on any atom is -0.325 e. The fourth-order valence-corrected chi connectivity index (χ4v) is 1.66. The second kappa shape index (κ2) is 6.79. The largest absolute Gasteiger partial charge is 0.325 e. The number of hydrogen-bond acceptors (Lipinski definition) is 0. The molecule has 0 aromatic carbocycles. The maximum absolute atomic E-state index is 2.52. The summed E-state index contributed by atoms with van der Waals surface area (Å²) >= 11 is 0. The summed E-state index contributed by atoms with van der Waals surface area (Å²) in [5.74, 6) is 0.976. The van der Waals surface area contributed by atoms with Crippen LogP contribution in [0.2, 0.25) is 0 Å². The van der Waals surface area contributed by atoms with E-state index in [1.807, 2.05) is 0 Å². The van der Waals surface area contributed by atoms with Gasteiger partial charge in [-0.25, -0.2) is 0 Å². The molecule has 1 aliphatic carbocycles. The molecule has 0 aliphatic heterocycles. The summed E-state index contributed by atoms with van der Waals surface area (Å²) < 4.78 is 0. The van der Waals surface area contributed by atoms with Crippen molar-refractivity contribution in [1.29, 1.82) is 0 Å². The Morgan fingerprint density at radius 1 is 1.40 bits per heavy atom. The van der Waals surface area contributed by atoms with E-state index in [9.17, 15) is 0 Å². The van der Waals surface area contributed by atoms with Crippen LogP contribution in [-0.2, 0) is 32.7 Å². The minimum atomic E-state index is 0. The molecule has 0 spiro atoms. The topological polar surface area (TPSA) is 0 Å². The Bertz CT molecular complexity index is 62.4. The molecular weight excluding hydrogens is 197 g/mol. The predicted octanol–water partition coefficient (Wildman–Crippen LogP) is 3.18. The Labute approximate surface area is 90.0 Å². The summed E-state index contributed by atoms with van der Waals surface area (Å²) in [6.07, 6.45) is 11.1. The van der Waals surface area contributed by atoms with Crippen LogP contribution in [0.15, 0.2) is 0 Å². The molecule has 1 fully saturated rings. The summed E-state index contributed by atoms with van der Waals surface area (Å²) in [6.45, 7) is 2.28. The molecule has 57 valence electrons. The molecule has 1 radical (unpaired) electrons. The summed E-state index contributed by atoms with van der Waals surface area (Å²) in [5.41, 5.74) is 0. The van der Waals surface area contributed by atoms with Crippen molar-refractivity contribution < 1.29 is 32.7 Å². The summed E-state index contributed by atoms with van der Waals surface area (Å²) in [5, 5.41) is 0. The maximum atomic E-state index is 2.52. The van der Waals surface area contributed by atoms with Crippen molar-refractivity contribution in [2.75, 3.05) is 0 Å². The quantitative estimate of drug-likeness (QED) is 0.619. The molecule has 0 aromatic heterocycles. The molecule has 0 aromatic rings. The molecule has 1 heteroatoms. The average molecular weight is 214 g/mol. The van der Waals surface area contributed by atoms with E-state index in [-0.39, 0.29) is 32.7 Å². The van der Waals surface area contributed by atoms with Crippen molar-refractivity contribution in [3.8, 4) is 0 Å². The first kappa shape index (κ1) is 11.1. The first-order valence-electron chi connectivity index (χ1n) is 4.27. The molecule has 0 heterocycles. The van der Waals surface area contributed by atoms with E-state index >= 15 is 0 Å². The van der Waals surface area contributed by atoms with Gasteiger partial charge in [-0.3, -0.25) is 0 Å². The third-order valence-electron chi connectivity index (χ3n) is 2.19. The molecular formula is C9H17Y-. The molecule has 0 N–H and O–H groups in total. The van der Waals surface area contributed by atoms with Gasteiger partial charge < -0.3 is 6.42 Å². The van der Waals surface area contributed by atoms with Gasteiger partial charge in [-0.1, -0.05) is 39.0 Å². The average Bonchev–Trinajstić information content (AvgIpc) is 1.91. The van der Waals surface area contributed by atoms with Gasteiger partial charge in [0.2, 0.25) is 0 Å². The Hall–Kier alpha value is 1.10.